The maximum absolute atomic E-state index is 4.28. The SMILES string of the molecule is c1ccc(-c2ccc(-n3c4ccccc4c4cc(-c5ccc6c(c5)c5ccccc5n6-c5cccc(-c6ccccc6)c5)ccc43)cc2)cc1.c1ccc(-n2c3ccccc3c3ccc(-c4ccc5c(c4)c4ccccc4n5-c4ccc5c6ccccc6c6ccccc6c5c4)cc32)cc1.c1ccc2c(c1)c1ccccc1c1cc(-n3c4ccccc4c4cc(-c5ccc6c7ccccc7n(-c7ccncc7)c6c5)ccc43)ccc21. The van der Waals surface area contributed by atoms with Gasteiger partial charge in [0.1, 0.15) is 0 Å². The highest BCUT2D eigenvalue weighted by atomic mass is 15.0. The highest BCUT2D eigenvalue weighted by molar-refractivity contribution is 6.28. The third-order valence-electron chi connectivity index (χ3n) is 31.4. The second-order valence-corrected chi connectivity index (χ2v) is 39.5. The van der Waals surface area contributed by atoms with Gasteiger partial charge >= 0.3 is 0 Å². The summed E-state index contributed by atoms with van der Waals surface area (Å²) in [5.74, 6) is 0. The molecule has 0 bridgehead atoms. The summed E-state index contributed by atoms with van der Waals surface area (Å²) in [5, 5.41) is 30.5. The second kappa shape index (κ2) is 34.9. The van der Waals surface area contributed by atoms with E-state index in [1.165, 1.54) is 268 Å². The average Bonchev–Trinajstić information content (AvgIpc) is 1.59. The van der Waals surface area contributed by atoms with Crippen molar-refractivity contribution in [2.24, 2.45) is 0 Å². The van der Waals surface area contributed by atoms with Gasteiger partial charge in [0.15, 0.2) is 0 Å². The van der Waals surface area contributed by atoms with E-state index in [9.17, 15) is 0 Å². The Morgan fingerprint density at radius 3 is 0.640 bits per heavy atom. The minimum Gasteiger partial charge on any atom is -0.309 e. The van der Waals surface area contributed by atoms with Crippen molar-refractivity contribution in [3.8, 4) is 89.8 Å². The monoisotopic (exact) mass is 1910 g/mol. The van der Waals surface area contributed by atoms with Gasteiger partial charge in [-0.05, 0) is 290 Å². The number of hydrogen-bond acceptors (Lipinski definition) is 1. The molecule has 0 aliphatic heterocycles. The van der Waals surface area contributed by atoms with Crippen molar-refractivity contribution in [2.75, 3.05) is 0 Å². The Hall–Kier alpha value is -20.0. The molecule has 0 saturated carbocycles. The van der Waals surface area contributed by atoms with E-state index in [1.807, 2.05) is 12.4 Å². The summed E-state index contributed by atoms with van der Waals surface area (Å²) < 4.78 is 14.4. The first-order chi connectivity index (χ1) is 74.4. The van der Waals surface area contributed by atoms with Gasteiger partial charge in [-0.15, -0.1) is 0 Å². The van der Waals surface area contributed by atoms with Crippen LogP contribution in [0.1, 0.15) is 0 Å². The zero-order chi connectivity index (χ0) is 98.5. The Labute approximate surface area is 863 Å². The first kappa shape index (κ1) is 85.6. The van der Waals surface area contributed by atoms with Gasteiger partial charge in [0.2, 0.25) is 0 Å². The number of pyridine rings is 1. The van der Waals surface area contributed by atoms with E-state index in [2.05, 4.69) is 572 Å². The lowest BCUT2D eigenvalue weighted by molar-refractivity contribution is 1.16. The van der Waals surface area contributed by atoms with E-state index in [0.29, 0.717) is 0 Å². The summed E-state index contributed by atoms with van der Waals surface area (Å²) in [5.41, 5.74) is 33.5. The van der Waals surface area contributed by atoms with Crippen LogP contribution in [-0.2, 0) is 0 Å². The fourth-order valence-corrected chi connectivity index (χ4v) is 24.6. The van der Waals surface area contributed by atoms with Crippen LogP contribution >= 0.6 is 0 Å². The van der Waals surface area contributed by atoms with Crippen LogP contribution in [0, 0.1) is 0 Å². The van der Waals surface area contributed by atoms with Gasteiger partial charge in [-0.1, -0.05) is 370 Å². The van der Waals surface area contributed by atoms with Crippen molar-refractivity contribution in [1.82, 2.24) is 32.4 Å². The number of aromatic nitrogens is 7. The van der Waals surface area contributed by atoms with Crippen LogP contribution in [0.25, 0.3) is 285 Å². The van der Waals surface area contributed by atoms with Gasteiger partial charge in [0.25, 0.3) is 0 Å². The average molecular weight is 1910 g/mol. The Bertz CT molecular complexity index is 10600. The summed E-state index contributed by atoms with van der Waals surface area (Å²) in [4.78, 5) is 4.28. The maximum atomic E-state index is 4.28. The lowest BCUT2D eigenvalue weighted by Crippen LogP contribution is -1.95. The highest BCUT2D eigenvalue weighted by Crippen LogP contribution is 2.48. The van der Waals surface area contributed by atoms with E-state index in [0.717, 1.165) is 17.1 Å². The minimum atomic E-state index is 1.11. The van der Waals surface area contributed by atoms with Gasteiger partial charge < -0.3 is 27.4 Å². The predicted molar refractivity (Wildman–Crippen MR) is 635 cm³/mol. The van der Waals surface area contributed by atoms with Crippen LogP contribution in [0.4, 0.5) is 0 Å². The Morgan fingerprint density at radius 1 is 0.0933 bits per heavy atom. The number of benzene rings is 25. The van der Waals surface area contributed by atoms with Crippen LogP contribution in [0.2, 0.25) is 0 Å². The van der Waals surface area contributed by atoms with E-state index in [1.54, 1.807) is 0 Å². The molecule has 150 heavy (non-hydrogen) atoms. The molecule has 0 saturated heterocycles. The zero-order valence-corrected chi connectivity index (χ0v) is 81.7. The van der Waals surface area contributed by atoms with Gasteiger partial charge in [-0.2, -0.15) is 0 Å². The second-order valence-electron chi connectivity index (χ2n) is 39.5. The molecule has 7 aromatic heterocycles. The van der Waals surface area contributed by atoms with E-state index in [4.69, 9.17) is 0 Å². The quantitative estimate of drug-likeness (QED) is 0.119. The van der Waals surface area contributed by atoms with Gasteiger partial charge in [-0.3, -0.25) is 4.98 Å². The zero-order valence-electron chi connectivity index (χ0n) is 81.7. The summed E-state index contributed by atoms with van der Waals surface area (Å²) in [6, 6.07) is 197. The normalized spacial score (nSPS) is 11.9. The van der Waals surface area contributed by atoms with Gasteiger partial charge in [0, 0.05) is 111 Å². The first-order valence-electron chi connectivity index (χ1n) is 51.6. The van der Waals surface area contributed by atoms with E-state index in [-0.39, 0.29) is 0 Å². The van der Waals surface area contributed by atoms with Crippen LogP contribution in [0.15, 0.2) is 552 Å². The van der Waals surface area contributed by atoms with Crippen molar-refractivity contribution in [2.45, 2.75) is 0 Å². The third-order valence-corrected chi connectivity index (χ3v) is 31.4. The molecule has 0 amide bonds. The molecule has 698 valence electrons. The maximum Gasteiger partial charge on any atom is 0.0547 e. The molecule has 0 N–H and O–H groups in total. The molecule has 0 spiro atoms. The number of fused-ring (bicyclic) bond motifs is 30. The molecule has 0 aliphatic rings. The highest BCUT2D eigenvalue weighted by Gasteiger charge is 2.25. The summed E-state index contributed by atoms with van der Waals surface area (Å²) in [6.45, 7) is 0. The molecular weight excluding hydrogens is 1820 g/mol. The molecule has 0 atom stereocenters. The smallest absolute Gasteiger partial charge is 0.0547 e. The van der Waals surface area contributed by atoms with Crippen LogP contribution in [0.3, 0.4) is 0 Å². The molecule has 0 radical (unpaired) electrons. The van der Waals surface area contributed by atoms with Crippen molar-refractivity contribution >= 4 is 195 Å². The first-order valence-corrected chi connectivity index (χ1v) is 51.6. The number of para-hydroxylation sites is 7. The number of hydrogen-bond donors (Lipinski definition) is 0. The summed E-state index contributed by atoms with van der Waals surface area (Å²) in [6.07, 6.45) is 3.73. The van der Waals surface area contributed by atoms with Crippen LogP contribution in [-0.4, -0.2) is 32.4 Å². The molecule has 7 nitrogen and oxygen atoms in total. The molecule has 32 rings (SSSR count). The molecular formula is C143H91N7. The predicted octanol–water partition coefficient (Wildman–Crippen LogP) is 38.3. The van der Waals surface area contributed by atoms with Crippen molar-refractivity contribution < 1.29 is 0 Å². The molecule has 0 aliphatic carbocycles. The van der Waals surface area contributed by atoms with Crippen LogP contribution < -0.4 is 0 Å². The van der Waals surface area contributed by atoms with Gasteiger partial charge in [0.05, 0.1) is 66.2 Å². The largest absolute Gasteiger partial charge is 0.309 e. The molecule has 7 heterocycles. The van der Waals surface area contributed by atoms with Crippen molar-refractivity contribution in [3.05, 3.63) is 552 Å². The van der Waals surface area contributed by atoms with Crippen LogP contribution in [0.5, 0.6) is 0 Å². The molecule has 0 unspecified atom stereocenters. The molecule has 0 fully saturated rings. The Balaban J connectivity index is 0.000000103. The van der Waals surface area contributed by atoms with E-state index < -0.39 is 0 Å². The summed E-state index contributed by atoms with van der Waals surface area (Å²) >= 11 is 0. The Kier molecular flexibility index (Phi) is 19.9. The topological polar surface area (TPSA) is 42.5 Å². The third kappa shape index (κ3) is 13.9. The Morgan fingerprint density at radius 2 is 0.287 bits per heavy atom. The van der Waals surface area contributed by atoms with Gasteiger partial charge in [-0.25, -0.2) is 0 Å². The van der Waals surface area contributed by atoms with Crippen molar-refractivity contribution in [3.63, 3.8) is 0 Å². The summed E-state index contributed by atoms with van der Waals surface area (Å²) in [7, 11) is 0. The lowest BCUT2D eigenvalue weighted by atomic mass is 9.94. The lowest BCUT2D eigenvalue weighted by Gasteiger charge is -2.14. The minimum absolute atomic E-state index is 1.11. The number of nitrogens with zero attached hydrogens (tertiary/aromatic N) is 7. The standard InChI is InChI=1S/C48H30N2.C48H32N2.C47H29N3/c1-2-12-33(13-3-1)49-45-20-10-8-18-40(45)42-25-22-32(29-48(42)49)31-23-27-47-44(28-31)41-19-9-11-21-46(41)50(47)34-24-26-39-37-16-5-4-14-35(37)36-15-6-7-17-38(36)43(39)30-34;1-3-12-33(13-4-1)35-22-26-39(27-23-35)49-45-20-9-7-18-41(45)43-31-37(24-28-47(43)49)38-25-29-48-44(32-38)42-19-8-10-21-46(42)50(48)40-17-11-16-36(30-40)34-14-5-2-6-15-34;1-2-11-36-34(9-1)35-10-3-4-12-37(35)42-29-33(19-21-38(36)42)50-45-16-8-6-14-40(45)43-27-30(18-22-46(43)50)31-17-20-41-39-13-5-7-15-44(39)49(47(41)28-31)32-23-25-48-26-24-32/h1-30H;1-32H;1-29H. The number of rotatable bonds is 11. The molecule has 7 heteroatoms. The fraction of sp³-hybridized carbons (Fsp3) is 0. The molecule has 25 aromatic carbocycles. The fourth-order valence-electron chi connectivity index (χ4n) is 24.6. The van der Waals surface area contributed by atoms with E-state index >= 15 is 0 Å². The van der Waals surface area contributed by atoms with Crippen molar-refractivity contribution in [1.29, 1.82) is 0 Å². The molecule has 32 aromatic rings.